The first kappa shape index (κ1) is 27.5. The monoisotopic (exact) mass is 535 g/mol. The number of hydrogen-bond donors (Lipinski definition) is 5. The number of nitrogens with zero attached hydrogens (tertiary/aromatic N) is 2. The van der Waals surface area contributed by atoms with Crippen molar-refractivity contribution in [3.63, 3.8) is 0 Å². The molecule has 0 aliphatic carbocycles. The second-order valence-corrected chi connectivity index (χ2v) is 9.26. The van der Waals surface area contributed by atoms with Crippen molar-refractivity contribution < 1.29 is 34.2 Å². The van der Waals surface area contributed by atoms with Crippen molar-refractivity contribution in [2.45, 2.75) is 25.1 Å². The molecule has 0 saturated carbocycles. The number of carbonyl (C=O) groups is 5. The van der Waals surface area contributed by atoms with Crippen molar-refractivity contribution >= 4 is 46.1 Å². The van der Waals surface area contributed by atoms with Crippen molar-refractivity contribution in [3.05, 3.63) is 65.9 Å². The number of ketones is 1. The molecule has 1 saturated heterocycles. The highest BCUT2D eigenvalue weighted by molar-refractivity contribution is 6.45. The van der Waals surface area contributed by atoms with Gasteiger partial charge in [0.15, 0.2) is 6.10 Å². The molecule has 3 aromatic rings. The number of carboxylic acid groups (broad SMARTS) is 1. The maximum atomic E-state index is 13.3. The number of piperazine rings is 1. The van der Waals surface area contributed by atoms with Crippen LogP contribution in [0.15, 0.2) is 54.7 Å². The molecule has 5 N–H and O–H groups in total. The minimum absolute atomic E-state index is 0.0975. The zero-order valence-electron chi connectivity index (χ0n) is 21.4. The minimum Gasteiger partial charge on any atom is -0.480 e. The van der Waals surface area contributed by atoms with Crippen LogP contribution in [0.25, 0.3) is 10.9 Å². The fraction of sp³-hybridized carbons (Fsp3) is 0.296. The average molecular weight is 536 g/mol. The number of H-pyrrole nitrogens is 1. The summed E-state index contributed by atoms with van der Waals surface area (Å²) < 4.78 is 0. The lowest BCUT2D eigenvalue weighted by Crippen LogP contribution is -2.56. The Morgan fingerprint density at radius 3 is 2.38 bits per heavy atom. The smallest absolute Gasteiger partial charge is 0.323 e. The van der Waals surface area contributed by atoms with Gasteiger partial charge < -0.3 is 35.6 Å². The van der Waals surface area contributed by atoms with Crippen LogP contribution in [0, 0.1) is 0 Å². The molecule has 3 atom stereocenters. The van der Waals surface area contributed by atoms with E-state index in [4.69, 9.17) is 5.11 Å². The Hall–Kier alpha value is -4.55. The standard InChI is InChI=1S/C27H29N5O7/c1-15-14-31(25(36)16-7-4-3-5-8-16)11-12-32(15)26(37)22(33)18-13-29-20-17(18)9-6-10-19(20)30-24(35)23(34)21(28-2)27(38)39/h3-10,13,15,21,23,28-29,34H,11-12,14H2,1-2H3,(H,30,35)(H,38,39)/t15-,21?,23?/m1/s1. The van der Waals surface area contributed by atoms with E-state index < -0.39 is 41.8 Å². The number of fused-ring (bicyclic) bond motifs is 1. The van der Waals surface area contributed by atoms with E-state index in [0.29, 0.717) is 16.5 Å². The van der Waals surface area contributed by atoms with Crippen molar-refractivity contribution in [3.8, 4) is 0 Å². The SMILES string of the molecule is CNC(C(=O)O)C(O)C(=O)Nc1cccc2c(C(=O)C(=O)N3CCN(C(=O)c4ccccc4)C[C@H]3C)c[nH]c12. The summed E-state index contributed by atoms with van der Waals surface area (Å²) >= 11 is 0. The number of nitrogens with one attached hydrogen (secondary N) is 3. The first-order chi connectivity index (χ1) is 18.6. The van der Waals surface area contributed by atoms with Crippen molar-refractivity contribution in [2.24, 2.45) is 0 Å². The Kier molecular flexibility index (Phi) is 8.07. The van der Waals surface area contributed by atoms with E-state index in [-0.39, 0.29) is 36.8 Å². The van der Waals surface area contributed by atoms with Crippen molar-refractivity contribution in [1.82, 2.24) is 20.1 Å². The van der Waals surface area contributed by atoms with Crippen LogP contribution >= 0.6 is 0 Å². The number of likely N-dealkylation sites (N-methyl/N-ethyl adjacent to an activating group) is 1. The molecule has 0 radical (unpaired) electrons. The van der Waals surface area contributed by atoms with Gasteiger partial charge in [-0.25, -0.2) is 0 Å². The summed E-state index contributed by atoms with van der Waals surface area (Å²) in [5.74, 6) is -3.95. The fourth-order valence-electron chi connectivity index (χ4n) is 4.67. The molecule has 2 aromatic carbocycles. The fourth-order valence-corrected chi connectivity index (χ4v) is 4.67. The summed E-state index contributed by atoms with van der Waals surface area (Å²) in [6.45, 7) is 2.54. The highest BCUT2D eigenvalue weighted by atomic mass is 16.4. The van der Waals surface area contributed by atoms with E-state index in [0.717, 1.165) is 0 Å². The van der Waals surface area contributed by atoms with Gasteiger partial charge in [0.05, 0.1) is 16.8 Å². The zero-order chi connectivity index (χ0) is 28.3. The number of anilines is 1. The molecular weight excluding hydrogens is 506 g/mol. The zero-order valence-corrected chi connectivity index (χ0v) is 21.4. The van der Waals surface area contributed by atoms with Crippen molar-refractivity contribution in [1.29, 1.82) is 0 Å². The molecule has 204 valence electrons. The van der Waals surface area contributed by atoms with E-state index in [1.807, 2.05) is 6.07 Å². The van der Waals surface area contributed by atoms with Crippen molar-refractivity contribution in [2.75, 3.05) is 32.0 Å². The second-order valence-electron chi connectivity index (χ2n) is 9.26. The number of aliphatic hydroxyl groups is 1. The Balaban J connectivity index is 1.48. The average Bonchev–Trinajstić information content (AvgIpc) is 3.37. The number of aromatic nitrogens is 1. The molecule has 2 unspecified atom stereocenters. The molecular formula is C27H29N5O7. The molecule has 1 aliphatic heterocycles. The summed E-state index contributed by atoms with van der Waals surface area (Å²) in [5.41, 5.74) is 1.18. The highest BCUT2D eigenvalue weighted by Gasteiger charge is 2.35. The van der Waals surface area contributed by atoms with Gasteiger partial charge in [0.25, 0.3) is 23.5 Å². The third-order valence-corrected chi connectivity index (χ3v) is 6.77. The number of aliphatic carboxylic acids is 1. The quantitative estimate of drug-likeness (QED) is 0.207. The number of Topliss-reactive ketones (excluding diaryl/α,β-unsaturated/α-hetero) is 1. The van der Waals surface area contributed by atoms with E-state index >= 15 is 0 Å². The first-order valence-corrected chi connectivity index (χ1v) is 12.3. The summed E-state index contributed by atoms with van der Waals surface area (Å²) in [7, 11) is 1.30. The molecule has 12 nitrogen and oxygen atoms in total. The molecule has 1 aliphatic rings. The molecule has 2 heterocycles. The predicted molar refractivity (Wildman–Crippen MR) is 141 cm³/mol. The van der Waals surface area contributed by atoms with Crippen LogP contribution in [0.1, 0.15) is 27.6 Å². The number of aliphatic hydroxyl groups excluding tert-OH is 1. The third kappa shape index (κ3) is 5.52. The number of amides is 3. The van der Waals surface area contributed by atoms with Gasteiger partial charge in [-0.2, -0.15) is 0 Å². The number of rotatable bonds is 8. The maximum Gasteiger partial charge on any atom is 0.323 e. The van der Waals surface area contributed by atoms with Crippen LogP contribution in [0.4, 0.5) is 5.69 Å². The number of aromatic amines is 1. The van der Waals surface area contributed by atoms with Gasteiger partial charge in [-0.1, -0.05) is 30.3 Å². The van der Waals surface area contributed by atoms with E-state index in [9.17, 15) is 29.1 Å². The Labute approximate surface area is 223 Å². The molecule has 12 heteroatoms. The lowest BCUT2D eigenvalue weighted by molar-refractivity contribution is -0.145. The van der Waals surface area contributed by atoms with Crippen LogP contribution in [0.2, 0.25) is 0 Å². The van der Waals surface area contributed by atoms with Crippen LogP contribution in [-0.2, 0) is 14.4 Å². The number of carbonyl (C=O) groups excluding carboxylic acids is 4. The minimum atomic E-state index is -1.88. The normalized spacial score (nSPS) is 16.9. The predicted octanol–water partition coefficient (Wildman–Crippen LogP) is 0.696. The van der Waals surface area contributed by atoms with Crippen LogP contribution in [0.5, 0.6) is 0 Å². The van der Waals surface area contributed by atoms with E-state index in [1.165, 1.54) is 24.2 Å². The molecule has 3 amide bonds. The number of benzene rings is 2. The number of hydrogen-bond acceptors (Lipinski definition) is 7. The van der Waals surface area contributed by atoms with Gasteiger partial charge in [-0.15, -0.1) is 0 Å². The number of para-hydroxylation sites is 1. The maximum absolute atomic E-state index is 13.3. The van der Waals surface area contributed by atoms with Gasteiger partial charge in [0, 0.05) is 42.8 Å². The second kappa shape index (κ2) is 11.5. The molecule has 1 aromatic heterocycles. The molecule has 0 spiro atoms. The Morgan fingerprint density at radius 2 is 1.74 bits per heavy atom. The van der Waals surface area contributed by atoms with E-state index in [2.05, 4.69) is 15.6 Å². The first-order valence-electron chi connectivity index (χ1n) is 12.3. The van der Waals surface area contributed by atoms with Gasteiger partial charge in [0.2, 0.25) is 0 Å². The van der Waals surface area contributed by atoms with E-state index in [1.54, 1.807) is 48.2 Å². The van der Waals surface area contributed by atoms with Gasteiger partial charge >= 0.3 is 5.97 Å². The summed E-state index contributed by atoms with van der Waals surface area (Å²) in [6.07, 6.45) is -0.515. The van der Waals surface area contributed by atoms with Gasteiger partial charge in [0.1, 0.15) is 6.04 Å². The molecule has 1 fully saturated rings. The van der Waals surface area contributed by atoms with Gasteiger partial charge in [-0.05, 0) is 32.2 Å². The van der Waals surface area contributed by atoms with Crippen LogP contribution in [-0.4, -0.2) is 99.3 Å². The topological polar surface area (TPSA) is 172 Å². The molecule has 39 heavy (non-hydrogen) atoms. The molecule has 4 rings (SSSR count). The summed E-state index contributed by atoms with van der Waals surface area (Å²) in [4.78, 5) is 69.0. The lowest BCUT2D eigenvalue weighted by atomic mass is 10.1. The lowest BCUT2D eigenvalue weighted by Gasteiger charge is -2.39. The third-order valence-electron chi connectivity index (χ3n) is 6.77. The van der Waals surface area contributed by atoms with Gasteiger partial charge in [-0.3, -0.25) is 24.0 Å². The largest absolute Gasteiger partial charge is 0.480 e. The number of carboxylic acids is 1. The summed E-state index contributed by atoms with van der Waals surface area (Å²) in [5, 5.41) is 24.5. The van der Waals surface area contributed by atoms with Crippen LogP contribution in [0.3, 0.4) is 0 Å². The Bertz CT molecular complexity index is 1420. The Morgan fingerprint density at radius 1 is 1.03 bits per heavy atom. The molecule has 0 bridgehead atoms. The summed E-state index contributed by atoms with van der Waals surface area (Å²) in [6, 6.07) is 11.6. The van der Waals surface area contributed by atoms with Crippen LogP contribution < -0.4 is 10.6 Å². The highest BCUT2D eigenvalue weighted by Crippen LogP contribution is 2.27.